The Morgan fingerprint density at radius 1 is 1.25 bits per heavy atom. The first-order chi connectivity index (χ1) is 9.58. The highest BCUT2D eigenvalue weighted by Crippen LogP contribution is 2.30. The van der Waals surface area contributed by atoms with Crippen molar-refractivity contribution in [2.24, 2.45) is 7.05 Å². The standard InChI is InChI=1S/C14H10BrN3O2/c1-18-13-11(12(17-18)14(19)20)10(6-7-16-13)8-2-4-9(15)5-3-8/h2-7H,1H3,(H,19,20). The van der Waals surface area contributed by atoms with Crippen LogP contribution in [0.25, 0.3) is 22.2 Å². The fraction of sp³-hybridized carbons (Fsp3) is 0.0714. The molecule has 0 fully saturated rings. The van der Waals surface area contributed by atoms with E-state index in [1.807, 2.05) is 24.3 Å². The van der Waals surface area contributed by atoms with Gasteiger partial charge in [-0.25, -0.2) is 14.5 Å². The molecular formula is C14H10BrN3O2. The highest BCUT2D eigenvalue weighted by Gasteiger charge is 2.19. The Balaban J connectivity index is 2.35. The molecule has 3 aromatic rings. The van der Waals surface area contributed by atoms with Crippen molar-refractivity contribution in [3.63, 3.8) is 0 Å². The molecule has 2 aromatic heterocycles. The van der Waals surface area contributed by atoms with Gasteiger partial charge >= 0.3 is 5.97 Å². The van der Waals surface area contributed by atoms with Crippen LogP contribution in [0.5, 0.6) is 0 Å². The van der Waals surface area contributed by atoms with E-state index < -0.39 is 5.97 Å². The number of benzene rings is 1. The molecule has 0 radical (unpaired) electrons. The number of aromatic carboxylic acids is 1. The van der Waals surface area contributed by atoms with Gasteiger partial charge < -0.3 is 5.11 Å². The number of carboxylic acid groups (broad SMARTS) is 1. The molecule has 0 saturated carbocycles. The molecule has 0 saturated heterocycles. The molecule has 3 rings (SSSR count). The predicted octanol–water partition coefficient (Wildman–Crippen LogP) is 3.10. The van der Waals surface area contributed by atoms with E-state index in [0.717, 1.165) is 15.6 Å². The summed E-state index contributed by atoms with van der Waals surface area (Å²) < 4.78 is 2.46. The second-order valence-corrected chi connectivity index (χ2v) is 5.26. The molecule has 1 aromatic carbocycles. The third-order valence-corrected chi connectivity index (χ3v) is 3.61. The summed E-state index contributed by atoms with van der Waals surface area (Å²) in [5.41, 5.74) is 2.32. The van der Waals surface area contributed by atoms with Crippen molar-refractivity contribution in [1.29, 1.82) is 0 Å². The SMILES string of the molecule is Cn1nc(C(=O)O)c2c(-c3ccc(Br)cc3)ccnc21. The van der Waals surface area contributed by atoms with Gasteiger partial charge in [-0.1, -0.05) is 28.1 Å². The Morgan fingerprint density at radius 2 is 1.95 bits per heavy atom. The van der Waals surface area contributed by atoms with Gasteiger partial charge in [-0.05, 0) is 29.3 Å². The number of fused-ring (bicyclic) bond motifs is 1. The first-order valence-corrected chi connectivity index (χ1v) is 6.68. The van der Waals surface area contributed by atoms with E-state index in [1.54, 1.807) is 19.3 Å². The molecule has 1 N–H and O–H groups in total. The fourth-order valence-corrected chi connectivity index (χ4v) is 2.46. The Morgan fingerprint density at radius 3 is 2.60 bits per heavy atom. The summed E-state index contributed by atoms with van der Waals surface area (Å²) in [6.45, 7) is 0. The lowest BCUT2D eigenvalue weighted by molar-refractivity contribution is 0.0691. The minimum Gasteiger partial charge on any atom is -0.476 e. The largest absolute Gasteiger partial charge is 0.476 e. The maximum absolute atomic E-state index is 11.4. The molecule has 0 bridgehead atoms. The Hall–Kier alpha value is -2.21. The number of aryl methyl sites for hydroxylation is 1. The van der Waals surface area contributed by atoms with E-state index in [1.165, 1.54) is 4.68 Å². The maximum atomic E-state index is 11.4. The summed E-state index contributed by atoms with van der Waals surface area (Å²) in [6.07, 6.45) is 1.66. The van der Waals surface area contributed by atoms with Crippen LogP contribution in [0.1, 0.15) is 10.5 Å². The van der Waals surface area contributed by atoms with Gasteiger partial charge in [0.15, 0.2) is 11.3 Å². The number of pyridine rings is 1. The first kappa shape index (κ1) is 12.8. The molecule has 2 heterocycles. The van der Waals surface area contributed by atoms with Gasteiger partial charge in [0, 0.05) is 17.7 Å². The monoisotopic (exact) mass is 331 g/mol. The van der Waals surface area contributed by atoms with E-state index in [2.05, 4.69) is 26.0 Å². The highest BCUT2D eigenvalue weighted by molar-refractivity contribution is 9.10. The quantitative estimate of drug-likeness (QED) is 0.783. The number of rotatable bonds is 2. The number of hydrogen-bond acceptors (Lipinski definition) is 3. The minimum atomic E-state index is -1.05. The summed E-state index contributed by atoms with van der Waals surface area (Å²) >= 11 is 3.39. The number of hydrogen-bond donors (Lipinski definition) is 1. The normalized spacial score (nSPS) is 10.9. The summed E-state index contributed by atoms with van der Waals surface area (Å²) in [7, 11) is 1.69. The Bertz CT molecular complexity index is 809. The second kappa shape index (κ2) is 4.72. The predicted molar refractivity (Wildman–Crippen MR) is 78.6 cm³/mol. The van der Waals surface area contributed by atoms with Crippen molar-refractivity contribution in [1.82, 2.24) is 14.8 Å². The van der Waals surface area contributed by atoms with Crippen LogP contribution in [0, 0.1) is 0 Å². The van der Waals surface area contributed by atoms with Crippen LogP contribution in [0.2, 0.25) is 0 Å². The molecule has 20 heavy (non-hydrogen) atoms. The molecule has 0 aliphatic rings. The van der Waals surface area contributed by atoms with Crippen LogP contribution in [0.3, 0.4) is 0 Å². The zero-order valence-corrected chi connectivity index (χ0v) is 12.1. The van der Waals surface area contributed by atoms with E-state index >= 15 is 0 Å². The molecule has 0 unspecified atom stereocenters. The number of halogens is 1. The van der Waals surface area contributed by atoms with E-state index in [0.29, 0.717) is 11.0 Å². The van der Waals surface area contributed by atoms with Gasteiger partial charge in [-0.3, -0.25) is 0 Å². The minimum absolute atomic E-state index is 0.0218. The van der Waals surface area contributed by atoms with Crippen molar-refractivity contribution in [3.8, 4) is 11.1 Å². The average molecular weight is 332 g/mol. The molecular weight excluding hydrogens is 322 g/mol. The van der Waals surface area contributed by atoms with Gasteiger partial charge in [0.25, 0.3) is 0 Å². The third kappa shape index (κ3) is 1.98. The lowest BCUT2D eigenvalue weighted by atomic mass is 10.0. The molecule has 0 aliphatic heterocycles. The molecule has 100 valence electrons. The molecule has 0 aliphatic carbocycles. The molecule has 0 atom stereocenters. The third-order valence-electron chi connectivity index (χ3n) is 3.08. The lowest BCUT2D eigenvalue weighted by Gasteiger charge is -2.04. The van der Waals surface area contributed by atoms with Gasteiger partial charge in [-0.2, -0.15) is 5.10 Å². The van der Waals surface area contributed by atoms with Crippen LogP contribution in [-0.4, -0.2) is 25.8 Å². The van der Waals surface area contributed by atoms with Crippen molar-refractivity contribution in [2.45, 2.75) is 0 Å². The van der Waals surface area contributed by atoms with E-state index in [9.17, 15) is 9.90 Å². The Kier molecular flexibility index (Phi) is 3.02. The van der Waals surface area contributed by atoms with Gasteiger partial charge in [0.1, 0.15) is 0 Å². The Labute approximate surface area is 123 Å². The van der Waals surface area contributed by atoms with Crippen LogP contribution in [0.15, 0.2) is 41.0 Å². The molecule has 0 spiro atoms. The zero-order chi connectivity index (χ0) is 14.3. The van der Waals surface area contributed by atoms with Crippen molar-refractivity contribution in [3.05, 3.63) is 46.7 Å². The van der Waals surface area contributed by atoms with Crippen molar-refractivity contribution in [2.75, 3.05) is 0 Å². The number of aromatic nitrogens is 3. The lowest BCUT2D eigenvalue weighted by Crippen LogP contribution is -1.99. The number of carbonyl (C=O) groups is 1. The van der Waals surface area contributed by atoms with E-state index in [4.69, 9.17) is 0 Å². The topological polar surface area (TPSA) is 68.0 Å². The zero-order valence-electron chi connectivity index (χ0n) is 10.5. The maximum Gasteiger partial charge on any atom is 0.357 e. The second-order valence-electron chi connectivity index (χ2n) is 4.34. The number of carboxylic acids is 1. The number of nitrogens with zero attached hydrogens (tertiary/aromatic N) is 3. The van der Waals surface area contributed by atoms with Crippen molar-refractivity contribution < 1.29 is 9.90 Å². The smallest absolute Gasteiger partial charge is 0.357 e. The summed E-state index contributed by atoms with van der Waals surface area (Å²) in [4.78, 5) is 15.6. The average Bonchev–Trinajstić information content (AvgIpc) is 2.78. The van der Waals surface area contributed by atoms with E-state index in [-0.39, 0.29) is 5.69 Å². The van der Waals surface area contributed by atoms with Crippen molar-refractivity contribution >= 4 is 32.9 Å². The molecule has 0 amide bonds. The molecule has 5 nitrogen and oxygen atoms in total. The summed E-state index contributed by atoms with van der Waals surface area (Å²) in [6, 6.07) is 9.49. The van der Waals surface area contributed by atoms with Crippen LogP contribution in [-0.2, 0) is 7.05 Å². The van der Waals surface area contributed by atoms with Gasteiger partial charge in [0.05, 0.1) is 5.39 Å². The van der Waals surface area contributed by atoms with Crippen LogP contribution in [0.4, 0.5) is 0 Å². The van der Waals surface area contributed by atoms with Gasteiger partial charge in [0.2, 0.25) is 0 Å². The summed E-state index contributed by atoms with van der Waals surface area (Å²) in [5.74, 6) is -1.05. The molecule has 6 heteroatoms. The highest BCUT2D eigenvalue weighted by atomic mass is 79.9. The summed E-state index contributed by atoms with van der Waals surface area (Å²) in [5, 5.41) is 13.9. The van der Waals surface area contributed by atoms with Crippen LogP contribution < -0.4 is 0 Å². The fourth-order valence-electron chi connectivity index (χ4n) is 2.20. The van der Waals surface area contributed by atoms with Gasteiger partial charge in [-0.15, -0.1) is 0 Å². The first-order valence-electron chi connectivity index (χ1n) is 5.89. The van der Waals surface area contributed by atoms with Crippen LogP contribution >= 0.6 is 15.9 Å².